The first kappa shape index (κ1) is 17.2. The molecule has 0 aromatic rings. The number of rotatable bonds is 9. The molecule has 0 aromatic heterocycles. The standard InChI is InChI=1S/C11H21F3N2O2/c1-9(2)16-10(17)4-6-15-5-3-7-18-8-11(12,13)14/h9,15H,3-8H2,1-2H3,(H,16,17). The minimum Gasteiger partial charge on any atom is -0.372 e. The third-order valence-corrected chi connectivity index (χ3v) is 1.89. The van der Waals surface area contributed by atoms with E-state index in [0.717, 1.165) is 0 Å². The van der Waals surface area contributed by atoms with Crippen molar-refractivity contribution in [2.75, 3.05) is 26.3 Å². The van der Waals surface area contributed by atoms with Crippen LogP contribution in [0.25, 0.3) is 0 Å². The fourth-order valence-corrected chi connectivity index (χ4v) is 1.21. The first-order valence-corrected chi connectivity index (χ1v) is 5.96. The van der Waals surface area contributed by atoms with Gasteiger partial charge in [-0.3, -0.25) is 4.79 Å². The zero-order chi connectivity index (χ0) is 14.0. The second kappa shape index (κ2) is 9.16. The topological polar surface area (TPSA) is 50.4 Å². The third kappa shape index (κ3) is 13.2. The van der Waals surface area contributed by atoms with Gasteiger partial charge in [-0.25, -0.2) is 0 Å². The largest absolute Gasteiger partial charge is 0.411 e. The van der Waals surface area contributed by atoms with E-state index in [1.807, 2.05) is 13.8 Å². The molecule has 4 nitrogen and oxygen atoms in total. The van der Waals surface area contributed by atoms with Crippen molar-refractivity contribution in [3.63, 3.8) is 0 Å². The second-order valence-electron chi connectivity index (χ2n) is 4.24. The van der Waals surface area contributed by atoms with Crippen LogP contribution in [-0.4, -0.2) is 44.4 Å². The summed E-state index contributed by atoms with van der Waals surface area (Å²) in [5.74, 6) is -0.0363. The molecule has 0 saturated carbocycles. The Labute approximate surface area is 105 Å². The Morgan fingerprint density at radius 2 is 1.94 bits per heavy atom. The molecule has 0 fully saturated rings. The fraction of sp³-hybridized carbons (Fsp3) is 0.909. The Morgan fingerprint density at radius 1 is 1.28 bits per heavy atom. The highest BCUT2D eigenvalue weighted by atomic mass is 19.4. The van der Waals surface area contributed by atoms with E-state index >= 15 is 0 Å². The highest BCUT2D eigenvalue weighted by molar-refractivity contribution is 5.76. The molecule has 1 amide bonds. The van der Waals surface area contributed by atoms with Crippen LogP contribution in [-0.2, 0) is 9.53 Å². The van der Waals surface area contributed by atoms with Crippen molar-refractivity contribution >= 4 is 5.91 Å². The maximum absolute atomic E-state index is 11.7. The van der Waals surface area contributed by atoms with Crippen molar-refractivity contribution in [3.8, 4) is 0 Å². The summed E-state index contributed by atoms with van der Waals surface area (Å²) >= 11 is 0. The molecule has 2 N–H and O–H groups in total. The van der Waals surface area contributed by atoms with Crippen molar-refractivity contribution in [2.45, 2.75) is 38.9 Å². The molecule has 0 rings (SSSR count). The van der Waals surface area contributed by atoms with Gasteiger partial charge in [0.15, 0.2) is 0 Å². The Bertz CT molecular complexity index is 233. The van der Waals surface area contributed by atoms with Crippen LogP contribution in [0, 0.1) is 0 Å². The van der Waals surface area contributed by atoms with E-state index < -0.39 is 12.8 Å². The molecule has 0 saturated heterocycles. The van der Waals surface area contributed by atoms with Gasteiger partial charge in [0.2, 0.25) is 5.91 Å². The molecular formula is C11H21F3N2O2. The zero-order valence-electron chi connectivity index (χ0n) is 10.8. The Hall–Kier alpha value is -0.820. The number of halogens is 3. The summed E-state index contributed by atoms with van der Waals surface area (Å²) in [6.45, 7) is 3.66. The molecular weight excluding hydrogens is 249 g/mol. The van der Waals surface area contributed by atoms with Crippen LogP contribution in [0.3, 0.4) is 0 Å². The first-order chi connectivity index (χ1) is 8.31. The van der Waals surface area contributed by atoms with Gasteiger partial charge in [-0.05, 0) is 26.8 Å². The van der Waals surface area contributed by atoms with Gasteiger partial charge < -0.3 is 15.4 Å². The van der Waals surface area contributed by atoms with Gasteiger partial charge in [0, 0.05) is 25.6 Å². The highest BCUT2D eigenvalue weighted by Crippen LogP contribution is 2.14. The maximum atomic E-state index is 11.7. The van der Waals surface area contributed by atoms with Gasteiger partial charge in [0.05, 0.1) is 0 Å². The Balaban J connectivity index is 3.24. The lowest BCUT2D eigenvalue weighted by Gasteiger charge is -2.09. The van der Waals surface area contributed by atoms with Crippen molar-refractivity contribution in [1.82, 2.24) is 10.6 Å². The summed E-state index contributed by atoms with van der Waals surface area (Å²) in [5, 5.41) is 5.71. The predicted molar refractivity (Wildman–Crippen MR) is 62.3 cm³/mol. The van der Waals surface area contributed by atoms with Crippen LogP contribution in [0.1, 0.15) is 26.7 Å². The van der Waals surface area contributed by atoms with E-state index in [1.165, 1.54) is 0 Å². The highest BCUT2D eigenvalue weighted by Gasteiger charge is 2.27. The van der Waals surface area contributed by atoms with Crippen LogP contribution in [0.2, 0.25) is 0 Å². The maximum Gasteiger partial charge on any atom is 0.411 e. The summed E-state index contributed by atoms with van der Waals surface area (Å²) in [6, 6.07) is 0.119. The lowest BCUT2D eigenvalue weighted by molar-refractivity contribution is -0.173. The molecule has 0 aliphatic rings. The first-order valence-electron chi connectivity index (χ1n) is 5.96. The van der Waals surface area contributed by atoms with Gasteiger partial charge in [0.25, 0.3) is 0 Å². The molecule has 0 unspecified atom stereocenters. The number of amides is 1. The van der Waals surface area contributed by atoms with Crippen LogP contribution < -0.4 is 10.6 Å². The normalized spacial score (nSPS) is 11.9. The van der Waals surface area contributed by atoms with Crippen molar-refractivity contribution < 1.29 is 22.7 Å². The third-order valence-electron chi connectivity index (χ3n) is 1.89. The molecule has 0 heterocycles. The average Bonchev–Trinajstić information content (AvgIpc) is 2.19. The number of hydrogen-bond acceptors (Lipinski definition) is 3. The minimum absolute atomic E-state index is 0.0363. The molecule has 0 aliphatic carbocycles. The molecule has 108 valence electrons. The monoisotopic (exact) mass is 270 g/mol. The SMILES string of the molecule is CC(C)NC(=O)CCNCCCOCC(F)(F)F. The molecule has 0 atom stereocenters. The van der Waals surface area contributed by atoms with E-state index in [9.17, 15) is 18.0 Å². The molecule has 0 radical (unpaired) electrons. The predicted octanol–water partition coefficient (Wildman–Crippen LogP) is 1.46. The summed E-state index contributed by atoms with van der Waals surface area (Å²) in [5.41, 5.74) is 0. The van der Waals surface area contributed by atoms with E-state index in [1.54, 1.807) is 0 Å². The molecule has 0 aliphatic heterocycles. The molecule has 0 spiro atoms. The lowest BCUT2D eigenvalue weighted by atomic mass is 10.3. The molecule has 18 heavy (non-hydrogen) atoms. The average molecular weight is 270 g/mol. The van der Waals surface area contributed by atoms with E-state index in [2.05, 4.69) is 15.4 Å². The fourth-order valence-electron chi connectivity index (χ4n) is 1.21. The van der Waals surface area contributed by atoms with E-state index in [-0.39, 0.29) is 18.6 Å². The quantitative estimate of drug-likeness (QED) is 0.624. The van der Waals surface area contributed by atoms with Crippen molar-refractivity contribution in [3.05, 3.63) is 0 Å². The summed E-state index contributed by atoms with van der Waals surface area (Å²) < 4.78 is 39.5. The van der Waals surface area contributed by atoms with Crippen molar-refractivity contribution in [1.29, 1.82) is 0 Å². The van der Waals surface area contributed by atoms with Crippen LogP contribution in [0.5, 0.6) is 0 Å². The van der Waals surface area contributed by atoms with Gasteiger partial charge >= 0.3 is 6.18 Å². The smallest absolute Gasteiger partial charge is 0.372 e. The van der Waals surface area contributed by atoms with Gasteiger partial charge in [-0.1, -0.05) is 0 Å². The van der Waals surface area contributed by atoms with Crippen molar-refractivity contribution in [2.24, 2.45) is 0 Å². The molecule has 0 aromatic carbocycles. The van der Waals surface area contributed by atoms with Crippen LogP contribution in [0.4, 0.5) is 13.2 Å². The number of carbonyl (C=O) groups excluding carboxylic acids is 1. The van der Waals surface area contributed by atoms with Gasteiger partial charge in [-0.2, -0.15) is 13.2 Å². The van der Waals surface area contributed by atoms with E-state index in [0.29, 0.717) is 25.9 Å². The zero-order valence-corrected chi connectivity index (χ0v) is 10.8. The van der Waals surface area contributed by atoms with Gasteiger partial charge in [-0.15, -0.1) is 0 Å². The van der Waals surface area contributed by atoms with Crippen LogP contribution >= 0.6 is 0 Å². The summed E-state index contributed by atoms with van der Waals surface area (Å²) in [4.78, 5) is 11.2. The minimum atomic E-state index is -4.26. The second-order valence-corrected chi connectivity index (χ2v) is 4.24. The Kier molecular flexibility index (Phi) is 8.74. The number of ether oxygens (including phenoxy) is 1. The van der Waals surface area contributed by atoms with Gasteiger partial charge in [0.1, 0.15) is 6.61 Å². The Morgan fingerprint density at radius 3 is 2.50 bits per heavy atom. The van der Waals surface area contributed by atoms with E-state index in [4.69, 9.17) is 0 Å². The summed E-state index contributed by atoms with van der Waals surface area (Å²) in [6.07, 6.45) is -3.41. The number of hydrogen-bond donors (Lipinski definition) is 2. The molecule has 7 heteroatoms. The number of alkyl halides is 3. The number of nitrogens with one attached hydrogen (secondary N) is 2. The number of carbonyl (C=O) groups is 1. The lowest BCUT2D eigenvalue weighted by Crippen LogP contribution is -2.32. The van der Waals surface area contributed by atoms with Crippen LogP contribution in [0.15, 0.2) is 0 Å². The molecule has 0 bridgehead atoms. The summed E-state index contributed by atoms with van der Waals surface area (Å²) in [7, 11) is 0.